The van der Waals surface area contributed by atoms with Gasteiger partial charge in [0, 0.05) is 6.04 Å². The molecule has 0 radical (unpaired) electrons. The highest BCUT2D eigenvalue weighted by molar-refractivity contribution is 6.21. The maximum absolute atomic E-state index is 12.6. The van der Waals surface area contributed by atoms with Gasteiger partial charge in [0.15, 0.2) is 6.10 Å². The van der Waals surface area contributed by atoms with Gasteiger partial charge in [-0.2, -0.15) is 0 Å². The average Bonchev–Trinajstić information content (AvgIpc) is 2.84. The topological polar surface area (TPSA) is 83.9 Å². The third-order valence-corrected chi connectivity index (χ3v) is 5.17. The molecule has 1 aliphatic heterocycles. The summed E-state index contributed by atoms with van der Waals surface area (Å²) < 4.78 is 5.86. The molecule has 2 amide bonds. The Bertz CT molecular complexity index is 693. The summed E-state index contributed by atoms with van der Waals surface area (Å²) in [6.45, 7) is 5.53. The quantitative estimate of drug-likeness (QED) is 0.835. The van der Waals surface area contributed by atoms with Crippen LogP contribution in [0.15, 0.2) is 24.3 Å². The van der Waals surface area contributed by atoms with Crippen LogP contribution in [0.25, 0.3) is 0 Å². The SMILES string of the molecule is CC(C)(C)C(O[C@H]1CC[C@H](N2C(=O)c3ccccc3C2=O)CC1)C(=O)O. The number of carboxylic acid groups (broad SMARTS) is 1. The number of aliphatic carboxylic acids is 1. The Kier molecular flexibility index (Phi) is 4.88. The van der Waals surface area contributed by atoms with E-state index >= 15 is 0 Å². The zero-order valence-electron chi connectivity index (χ0n) is 15.4. The second-order valence-corrected chi connectivity index (χ2v) is 8.18. The zero-order valence-corrected chi connectivity index (χ0v) is 15.4. The Morgan fingerprint density at radius 1 is 1.08 bits per heavy atom. The van der Waals surface area contributed by atoms with E-state index in [0.29, 0.717) is 36.8 Å². The number of amides is 2. The van der Waals surface area contributed by atoms with Crippen molar-refractivity contribution in [1.82, 2.24) is 4.90 Å². The molecule has 2 aliphatic rings. The molecule has 1 aromatic rings. The monoisotopic (exact) mass is 359 g/mol. The number of hydrogen-bond donors (Lipinski definition) is 1. The Balaban J connectivity index is 1.64. The smallest absolute Gasteiger partial charge is 0.333 e. The fourth-order valence-corrected chi connectivity index (χ4v) is 3.80. The van der Waals surface area contributed by atoms with E-state index in [1.54, 1.807) is 24.3 Å². The van der Waals surface area contributed by atoms with Crippen LogP contribution < -0.4 is 0 Å². The summed E-state index contributed by atoms with van der Waals surface area (Å²) in [4.78, 5) is 38.0. The Labute approximate surface area is 153 Å². The minimum absolute atomic E-state index is 0.153. The molecule has 1 unspecified atom stereocenters. The van der Waals surface area contributed by atoms with Crippen LogP contribution in [-0.4, -0.2) is 46.0 Å². The van der Waals surface area contributed by atoms with Gasteiger partial charge in [-0.05, 0) is 43.2 Å². The molecule has 3 rings (SSSR count). The van der Waals surface area contributed by atoms with E-state index < -0.39 is 17.5 Å². The number of carboxylic acids is 1. The lowest BCUT2D eigenvalue weighted by atomic mass is 9.87. The molecule has 140 valence electrons. The average molecular weight is 359 g/mol. The van der Waals surface area contributed by atoms with E-state index in [0.717, 1.165) is 0 Å². The van der Waals surface area contributed by atoms with Crippen LogP contribution in [0, 0.1) is 5.41 Å². The maximum atomic E-state index is 12.6. The predicted octanol–water partition coefficient (Wildman–Crippen LogP) is 3.11. The Morgan fingerprint density at radius 3 is 2.00 bits per heavy atom. The van der Waals surface area contributed by atoms with Crippen LogP contribution >= 0.6 is 0 Å². The van der Waals surface area contributed by atoms with Crippen LogP contribution in [0.4, 0.5) is 0 Å². The van der Waals surface area contributed by atoms with Crippen LogP contribution in [-0.2, 0) is 9.53 Å². The first-order chi connectivity index (χ1) is 12.2. The van der Waals surface area contributed by atoms with Gasteiger partial charge in [-0.15, -0.1) is 0 Å². The second-order valence-electron chi connectivity index (χ2n) is 8.18. The largest absolute Gasteiger partial charge is 0.479 e. The third-order valence-electron chi connectivity index (χ3n) is 5.17. The third kappa shape index (κ3) is 3.38. The summed E-state index contributed by atoms with van der Waals surface area (Å²) in [6.07, 6.45) is 1.50. The number of carbonyl (C=O) groups is 3. The van der Waals surface area contributed by atoms with Crippen molar-refractivity contribution in [2.45, 2.75) is 64.7 Å². The molecule has 0 bridgehead atoms. The number of ether oxygens (including phenoxy) is 1. The maximum Gasteiger partial charge on any atom is 0.333 e. The van der Waals surface area contributed by atoms with Gasteiger partial charge >= 0.3 is 5.97 Å². The molecule has 1 atom stereocenters. The molecule has 1 aliphatic carbocycles. The van der Waals surface area contributed by atoms with E-state index in [4.69, 9.17) is 4.74 Å². The van der Waals surface area contributed by atoms with Gasteiger partial charge in [-0.3, -0.25) is 14.5 Å². The van der Waals surface area contributed by atoms with Crippen LogP contribution in [0.5, 0.6) is 0 Å². The lowest BCUT2D eigenvalue weighted by Crippen LogP contribution is -2.45. The lowest BCUT2D eigenvalue weighted by Gasteiger charge is -2.36. The molecule has 6 heteroatoms. The molecular formula is C20H25NO5. The molecular weight excluding hydrogens is 334 g/mol. The van der Waals surface area contributed by atoms with Gasteiger partial charge in [0.05, 0.1) is 17.2 Å². The van der Waals surface area contributed by atoms with Crippen molar-refractivity contribution in [1.29, 1.82) is 0 Å². The molecule has 1 saturated carbocycles. The predicted molar refractivity (Wildman–Crippen MR) is 94.9 cm³/mol. The van der Waals surface area contributed by atoms with Gasteiger partial charge in [0.2, 0.25) is 0 Å². The summed E-state index contributed by atoms with van der Waals surface area (Å²) in [6, 6.07) is 6.74. The molecule has 0 saturated heterocycles. The summed E-state index contributed by atoms with van der Waals surface area (Å²) in [7, 11) is 0. The summed E-state index contributed by atoms with van der Waals surface area (Å²) in [5, 5.41) is 9.41. The molecule has 6 nitrogen and oxygen atoms in total. The molecule has 1 fully saturated rings. The molecule has 26 heavy (non-hydrogen) atoms. The molecule has 1 heterocycles. The molecule has 0 aromatic heterocycles. The van der Waals surface area contributed by atoms with Crippen molar-refractivity contribution in [3.8, 4) is 0 Å². The number of nitrogens with zero attached hydrogens (tertiary/aromatic N) is 1. The standard InChI is InChI=1S/C20H25NO5/c1-20(2,3)16(19(24)25)26-13-10-8-12(9-11-13)21-17(22)14-6-4-5-7-15(14)18(21)23/h4-7,12-13,16H,8-11H2,1-3H3,(H,24,25)/t12-,13-,16?. The highest BCUT2D eigenvalue weighted by Crippen LogP contribution is 2.33. The second kappa shape index (κ2) is 6.83. The number of imide groups is 1. The van der Waals surface area contributed by atoms with Crippen LogP contribution in [0.2, 0.25) is 0 Å². The van der Waals surface area contributed by atoms with E-state index in [1.807, 2.05) is 20.8 Å². The van der Waals surface area contributed by atoms with Gasteiger partial charge in [-0.1, -0.05) is 32.9 Å². The number of hydrogen-bond acceptors (Lipinski definition) is 4. The number of rotatable bonds is 4. The summed E-state index contributed by atoms with van der Waals surface area (Å²) >= 11 is 0. The van der Waals surface area contributed by atoms with Gasteiger partial charge in [0.25, 0.3) is 11.8 Å². The van der Waals surface area contributed by atoms with Crippen molar-refractivity contribution in [2.24, 2.45) is 5.41 Å². The normalized spacial score (nSPS) is 24.5. The first kappa shape index (κ1) is 18.6. The molecule has 1 aromatic carbocycles. The zero-order chi connectivity index (χ0) is 19.1. The van der Waals surface area contributed by atoms with Crippen LogP contribution in [0.3, 0.4) is 0 Å². The number of carbonyl (C=O) groups excluding carboxylic acids is 2. The van der Waals surface area contributed by atoms with Crippen molar-refractivity contribution in [3.05, 3.63) is 35.4 Å². The van der Waals surface area contributed by atoms with Gasteiger partial charge in [0.1, 0.15) is 0 Å². The van der Waals surface area contributed by atoms with Crippen LogP contribution in [0.1, 0.15) is 67.2 Å². The van der Waals surface area contributed by atoms with Gasteiger partial charge < -0.3 is 9.84 Å². The lowest BCUT2D eigenvalue weighted by molar-refractivity contribution is -0.166. The van der Waals surface area contributed by atoms with E-state index in [9.17, 15) is 19.5 Å². The minimum atomic E-state index is -0.958. The summed E-state index contributed by atoms with van der Waals surface area (Å²) in [5.74, 6) is -1.42. The van der Waals surface area contributed by atoms with Crippen molar-refractivity contribution in [2.75, 3.05) is 0 Å². The Morgan fingerprint density at radius 2 is 1.58 bits per heavy atom. The molecule has 0 spiro atoms. The fourth-order valence-electron chi connectivity index (χ4n) is 3.80. The van der Waals surface area contributed by atoms with E-state index in [2.05, 4.69) is 0 Å². The van der Waals surface area contributed by atoms with Crippen molar-refractivity contribution in [3.63, 3.8) is 0 Å². The number of fused-ring (bicyclic) bond motifs is 1. The molecule has 1 N–H and O–H groups in total. The Hall–Kier alpha value is -2.21. The first-order valence-electron chi connectivity index (χ1n) is 9.05. The van der Waals surface area contributed by atoms with E-state index in [-0.39, 0.29) is 24.0 Å². The van der Waals surface area contributed by atoms with Crippen molar-refractivity contribution < 1.29 is 24.2 Å². The minimum Gasteiger partial charge on any atom is -0.479 e. The summed E-state index contributed by atoms with van der Waals surface area (Å²) in [5.41, 5.74) is 0.440. The fraction of sp³-hybridized carbons (Fsp3) is 0.550. The number of benzene rings is 1. The first-order valence-corrected chi connectivity index (χ1v) is 9.05. The van der Waals surface area contributed by atoms with Gasteiger partial charge in [-0.25, -0.2) is 4.79 Å². The highest BCUT2D eigenvalue weighted by atomic mass is 16.5. The van der Waals surface area contributed by atoms with Crippen molar-refractivity contribution >= 4 is 17.8 Å². The van der Waals surface area contributed by atoms with E-state index in [1.165, 1.54) is 4.90 Å². The highest BCUT2D eigenvalue weighted by Gasteiger charge is 2.42.